The molecule has 2 aromatic carbocycles. The molecule has 6 heteroatoms. The summed E-state index contributed by atoms with van der Waals surface area (Å²) < 4.78 is 10.9. The first-order chi connectivity index (χ1) is 13.2. The van der Waals surface area contributed by atoms with Crippen molar-refractivity contribution in [2.75, 3.05) is 38.9 Å². The molecule has 2 aromatic rings. The summed E-state index contributed by atoms with van der Waals surface area (Å²) in [4.78, 5) is 15.9. The molecule has 1 unspecified atom stereocenters. The fraction of sp³-hybridized carbons (Fsp3) is 0.381. The van der Waals surface area contributed by atoms with E-state index >= 15 is 0 Å². The summed E-state index contributed by atoms with van der Waals surface area (Å²) in [6, 6.07) is 13.9. The number of hydrogen-bond donors (Lipinski definition) is 1. The average molecular weight is 387 g/mol. The van der Waals surface area contributed by atoms with E-state index < -0.39 is 0 Å². The molecule has 1 heterocycles. The highest BCUT2D eigenvalue weighted by atomic mass is 32.2. The first-order valence-corrected chi connectivity index (χ1v) is 10.3. The molecular weight excluding hydrogens is 360 g/mol. The quantitative estimate of drug-likeness (QED) is 0.723. The van der Waals surface area contributed by atoms with Gasteiger partial charge in [0.15, 0.2) is 0 Å². The van der Waals surface area contributed by atoms with Crippen molar-refractivity contribution in [2.24, 2.45) is 0 Å². The molecular formula is C21H26N2O3S. The van der Waals surface area contributed by atoms with Crippen LogP contribution in [0.4, 0.5) is 5.69 Å². The highest BCUT2D eigenvalue weighted by Gasteiger charge is 2.30. The molecule has 1 atom stereocenters. The van der Waals surface area contributed by atoms with Gasteiger partial charge in [0.1, 0.15) is 11.5 Å². The Morgan fingerprint density at radius 3 is 2.78 bits per heavy atom. The topological polar surface area (TPSA) is 50.8 Å². The van der Waals surface area contributed by atoms with Crippen molar-refractivity contribution >= 4 is 23.4 Å². The smallest absolute Gasteiger partial charge is 0.238 e. The van der Waals surface area contributed by atoms with Gasteiger partial charge in [-0.15, -0.1) is 11.8 Å². The predicted octanol–water partition coefficient (Wildman–Crippen LogP) is 4.20. The first kappa shape index (κ1) is 19.6. The minimum Gasteiger partial charge on any atom is -0.497 e. The van der Waals surface area contributed by atoms with Crippen LogP contribution in [0.25, 0.3) is 0 Å². The lowest BCUT2D eigenvalue weighted by Gasteiger charge is -2.26. The van der Waals surface area contributed by atoms with E-state index in [-0.39, 0.29) is 11.9 Å². The van der Waals surface area contributed by atoms with Crippen molar-refractivity contribution in [1.82, 2.24) is 4.90 Å². The minimum atomic E-state index is 0.0101. The number of rotatable bonds is 7. The van der Waals surface area contributed by atoms with Crippen molar-refractivity contribution in [2.45, 2.75) is 23.8 Å². The number of benzene rings is 2. The lowest BCUT2D eigenvalue weighted by Crippen LogP contribution is -2.33. The monoisotopic (exact) mass is 386 g/mol. The largest absolute Gasteiger partial charge is 0.497 e. The SMILES string of the molecule is COc1ccc(C2CCCN2CC(=O)Nc2ccccc2SC)c(OC)c1. The Balaban J connectivity index is 1.72. The second-order valence-electron chi connectivity index (χ2n) is 6.48. The average Bonchev–Trinajstić information content (AvgIpc) is 3.15. The van der Waals surface area contributed by atoms with Gasteiger partial charge in [0.2, 0.25) is 5.91 Å². The molecule has 0 aliphatic carbocycles. The molecule has 0 bridgehead atoms. The van der Waals surface area contributed by atoms with Gasteiger partial charge >= 0.3 is 0 Å². The van der Waals surface area contributed by atoms with Gasteiger partial charge < -0.3 is 14.8 Å². The van der Waals surface area contributed by atoms with Gasteiger partial charge in [0.25, 0.3) is 0 Å². The molecule has 144 valence electrons. The maximum atomic E-state index is 12.7. The minimum absolute atomic E-state index is 0.0101. The van der Waals surface area contributed by atoms with Crippen LogP contribution >= 0.6 is 11.8 Å². The Hall–Kier alpha value is -2.18. The van der Waals surface area contributed by atoms with E-state index in [0.29, 0.717) is 6.54 Å². The normalized spacial score (nSPS) is 16.9. The van der Waals surface area contributed by atoms with Crippen LogP contribution in [0.3, 0.4) is 0 Å². The number of para-hydroxylation sites is 1. The van der Waals surface area contributed by atoms with Gasteiger partial charge in [-0.3, -0.25) is 9.69 Å². The van der Waals surface area contributed by atoms with Crippen molar-refractivity contribution in [3.05, 3.63) is 48.0 Å². The third-order valence-electron chi connectivity index (χ3n) is 4.89. The maximum Gasteiger partial charge on any atom is 0.238 e. The summed E-state index contributed by atoms with van der Waals surface area (Å²) in [5.74, 6) is 1.59. The van der Waals surface area contributed by atoms with E-state index in [1.165, 1.54) is 0 Å². The van der Waals surface area contributed by atoms with E-state index in [9.17, 15) is 4.79 Å². The lowest BCUT2D eigenvalue weighted by molar-refractivity contribution is -0.117. The number of carbonyl (C=O) groups excluding carboxylic acids is 1. The Labute approximate surface area is 165 Å². The van der Waals surface area contributed by atoms with Crippen LogP contribution in [0.5, 0.6) is 11.5 Å². The first-order valence-electron chi connectivity index (χ1n) is 9.05. The van der Waals surface area contributed by atoms with Crippen molar-refractivity contribution in [3.8, 4) is 11.5 Å². The molecule has 5 nitrogen and oxygen atoms in total. The summed E-state index contributed by atoms with van der Waals surface area (Å²) in [5, 5.41) is 3.05. The van der Waals surface area contributed by atoms with Crippen LogP contribution in [-0.2, 0) is 4.79 Å². The standard InChI is InChI=1S/C21H26N2O3S/c1-25-15-10-11-16(19(13-15)26-2)18-8-6-12-23(18)14-21(24)22-17-7-4-5-9-20(17)27-3/h4-5,7,9-11,13,18H,6,8,12,14H2,1-3H3,(H,22,24). The molecule has 0 saturated carbocycles. The van der Waals surface area contributed by atoms with Crippen molar-refractivity contribution in [3.63, 3.8) is 0 Å². The van der Waals surface area contributed by atoms with Crippen LogP contribution in [0.15, 0.2) is 47.4 Å². The third-order valence-corrected chi connectivity index (χ3v) is 5.69. The summed E-state index contributed by atoms with van der Waals surface area (Å²) in [5.41, 5.74) is 1.97. The zero-order chi connectivity index (χ0) is 19.2. The summed E-state index contributed by atoms with van der Waals surface area (Å²) in [6.07, 6.45) is 4.09. The highest BCUT2D eigenvalue weighted by Crippen LogP contribution is 2.38. The van der Waals surface area contributed by atoms with E-state index in [2.05, 4.69) is 10.2 Å². The van der Waals surface area contributed by atoms with Gasteiger partial charge in [-0.25, -0.2) is 0 Å². The van der Waals surface area contributed by atoms with Gasteiger partial charge in [0, 0.05) is 22.6 Å². The number of nitrogens with one attached hydrogen (secondary N) is 1. The van der Waals surface area contributed by atoms with Crippen molar-refractivity contribution < 1.29 is 14.3 Å². The van der Waals surface area contributed by atoms with Crippen LogP contribution in [0.1, 0.15) is 24.4 Å². The molecule has 0 spiro atoms. The third kappa shape index (κ3) is 4.57. The highest BCUT2D eigenvalue weighted by molar-refractivity contribution is 7.98. The van der Waals surface area contributed by atoms with Gasteiger partial charge in [-0.05, 0) is 43.8 Å². The van der Waals surface area contributed by atoms with Crippen LogP contribution in [0.2, 0.25) is 0 Å². The number of anilines is 1. The number of carbonyl (C=O) groups is 1. The van der Waals surface area contributed by atoms with Crippen molar-refractivity contribution in [1.29, 1.82) is 0 Å². The molecule has 1 aliphatic heterocycles. The molecule has 1 aliphatic rings. The molecule has 1 amide bonds. The fourth-order valence-electron chi connectivity index (χ4n) is 3.58. The number of hydrogen-bond acceptors (Lipinski definition) is 5. The molecule has 27 heavy (non-hydrogen) atoms. The van der Waals surface area contributed by atoms with Gasteiger partial charge in [-0.1, -0.05) is 18.2 Å². The van der Waals surface area contributed by atoms with Crippen LogP contribution < -0.4 is 14.8 Å². The molecule has 0 radical (unpaired) electrons. The molecule has 3 rings (SSSR count). The second kappa shape index (κ2) is 9.15. The van der Waals surface area contributed by atoms with Gasteiger partial charge in [-0.2, -0.15) is 0 Å². The second-order valence-corrected chi connectivity index (χ2v) is 7.33. The van der Waals surface area contributed by atoms with Crippen LogP contribution in [-0.4, -0.2) is 44.4 Å². The summed E-state index contributed by atoms with van der Waals surface area (Å²) >= 11 is 1.63. The fourth-order valence-corrected chi connectivity index (χ4v) is 4.14. The van der Waals surface area contributed by atoms with E-state index in [0.717, 1.165) is 47.0 Å². The van der Waals surface area contributed by atoms with Crippen LogP contribution in [0, 0.1) is 0 Å². The summed E-state index contributed by atoms with van der Waals surface area (Å²) in [7, 11) is 3.32. The molecule has 1 fully saturated rings. The number of likely N-dealkylation sites (tertiary alicyclic amines) is 1. The Morgan fingerprint density at radius 1 is 1.22 bits per heavy atom. The van der Waals surface area contributed by atoms with Gasteiger partial charge in [0.05, 0.1) is 26.5 Å². The lowest BCUT2D eigenvalue weighted by atomic mass is 10.0. The summed E-state index contributed by atoms with van der Waals surface area (Å²) in [6.45, 7) is 1.26. The predicted molar refractivity (Wildman–Crippen MR) is 110 cm³/mol. The Kier molecular flexibility index (Phi) is 6.63. The number of thioether (sulfide) groups is 1. The van der Waals surface area contributed by atoms with E-state index in [1.54, 1.807) is 26.0 Å². The molecule has 1 N–H and O–H groups in total. The number of amides is 1. The molecule has 1 saturated heterocycles. The Bertz CT molecular complexity index is 797. The number of ether oxygens (including phenoxy) is 2. The van der Waals surface area contributed by atoms with E-state index in [4.69, 9.17) is 9.47 Å². The Morgan fingerprint density at radius 2 is 2.04 bits per heavy atom. The molecule has 0 aromatic heterocycles. The number of nitrogens with zero attached hydrogens (tertiary/aromatic N) is 1. The van der Waals surface area contributed by atoms with E-state index in [1.807, 2.05) is 48.7 Å². The maximum absolute atomic E-state index is 12.7. The zero-order valence-electron chi connectivity index (χ0n) is 16.0. The zero-order valence-corrected chi connectivity index (χ0v) is 16.8. The number of methoxy groups -OCH3 is 2.